The van der Waals surface area contributed by atoms with Crippen LogP contribution < -0.4 is 0 Å². The SMILES string of the molecule is CCC(C)(C)C.CCC(C)(C)C.CCC(C)(C)C.CCC(C)(C)C. The van der Waals surface area contributed by atoms with E-state index in [1.54, 1.807) is 0 Å². The summed E-state index contributed by atoms with van der Waals surface area (Å²) in [6.07, 6.45) is 5.08. The molecule has 0 atom stereocenters. The minimum atomic E-state index is 0.542. The van der Waals surface area contributed by atoms with Crippen molar-refractivity contribution in [2.24, 2.45) is 21.7 Å². The summed E-state index contributed by atoms with van der Waals surface area (Å²) >= 11 is 0. The molecule has 0 aliphatic heterocycles. The third-order valence-electron chi connectivity index (χ3n) is 4.24. The van der Waals surface area contributed by atoms with Gasteiger partial charge in [-0.25, -0.2) is 0 Å². The fourth-order valence-electron chi connectivity index (χ4n) is 0. The van der Waals surface area contributed by atoms with Crippen LogP contribution in [0.4, 0.5) is 0 Å². The zero-order valence-electron chi connectivity index (χ0n) is 20.8. The van der Waals surface area contributed by atoms with Gasteiger partial charge in [-0.2, -0.15) is 0 Å². The Balaban J connectivity index is -0.000000111. The third-order valence-corrected chi connectivity index (χ3v) is 4.24. The van der Waals surface area contributed by atoms with Crippen molar-refractivity contribution < 1.29 is 0 Å². The molecule has 0 amide bonds. The monoisotopic (exact) mass is 344 g/mol. The summed E-state index contributed by atoms with van der Waals surface area (Å²) < 4.78 is 0. The van der Waals surface area contributed by atoms with Gasteiger partial charge in [0.15, 0.2) is 0 Å². The highest BCUT2D eigenvalue weighted by Crippen LogP contribution is 2.17. The van der Waals surface area contributed by atoms with E-state index < -0.39 is 0 Å². The Morgan fingerprint density at radius 3 is 0.333 bits per heavy atom. The Morgan fingerprint density at radius 2 is 0.333 bits per heavy atom. The van der Waals surface area contributed by atoms with Crippen LogP contribution in [0.2, 0.25) is 0 Å². The van der Waals surface area contributed by atoms with Gasteiger partial charge in [0.05, 0.1) is 0 Å². The van der Waals surface area contributed by atoms with Gasteiger partial charge in [0.1, 0.15) is 0 Å². The Bertz CT molecular complexity index is 175. The molecule has 0 heteroatoms. The van der Waals surface area contributed by atoms with Crippen molar-refractivity contribution in [3.8, 4) is 0 Å². The summed E-state index contributed by atoms with van der Waals surface area (Å²) in [6.45, 7) is 35.8. The molecule has 0 heterocycles. The molecule has 152 valence electrons. The van der Waals surface area contributed by atoms with E-state index in [9.17, 15) is 0 Å². The number of hydrogen-bond donors (Lipinski definition) is 0. The first kappa shape index (κ1) is 31.7. The van der Waals surface area contributed by atoms with E-state index in [-0.39, 0.29) is 0 Å². The van der Waals surface area contributed by atoms with E-state index in [2.05, 4.69) is 111 Å². The van der Waals surface area contributed by atoms with Crippen LogP contribution >= 0.6 is 0 Å². The predicted octanol–water partition coefficient (Wildman–Crippen LogP) is 9.77. The van der Waals surface area contributed by atoms with Crippen LogP contribution in [0.5, 0.6) is 0 Å². The smallest absolute Gasteiger partial charge is 0.0385 e. The average molecular weight is 345 g/mol. The highest BCUT2D eigenvalue weighted by Gasteiger charge is 2.04. The maximum Gasteiger partial charge on any atom is -0.0385 e. The highest BCUT2D eigenvalue weighted by atomic mass is 14.1. The molecule has 0 rings (SSSR count). The number of hydrogen-bond acceptors (Lipinski definition) is 0. The average Bonchev–Trinajstić information content (AvgIpc) is 2.37. The molecule has 0 spiro atoms. The van der Waals surface area contributed by atoms with Crippen LogP contribution in [-0.2, 0) is 0 Å². The van der Waals surface area contributed by atoms with Gasteiger partial charge in [-0.1, -0.05) is 136 Å². The van der Waals surface area contributed by atoms with Gasteiger partial charge in [0.2, 0.25) is 0 Å². The molecule has 0 saturated heterocycles. The summed E-state index contributed by atoms with van der Waals surface area (Å²) in [5.74, 6) is 0. The fraction of sp³-hybridized carbons (Fsp3) is 1.00. The Labute approximate surface area is 158 Å². The van der Waals surface area contributed by atoms with Crippen molar-refractivity contribution in [3.63, 3.8) is 0 Å². The van der Waals surface area contributed by atoms with Gasteiger partial charge in [0.25, 0.3) is 0 Å². The Hall–Kier alpha value is 0. The van der Waals surface area contributed by atoms with E-state index in [1.165, 1.54) is 25.7 Å². The molecule has 0 fully saturated rings. The first-order valence-corrected chi connectivity index (χ1v) is 10.2. The van der Waals surface area contributed by atoms with Crippen LogP contribution in [0.15, 0.2) is 0 Å². The van der Waals surface area contributed by atoms with Gasteiger partial charge < -0.3 is 0 Å². The Morgan fingerprint density at radius 1 is 0.292 bits per heavy atom. The van der Waals surface area contributed by atoms with Gasteiger partial charge in [-0.3, -0.25) is 0 Å². The zero-order chi connectivity index (χ0) is 20.8. The summed E-state index contributed by atoms with van der Waals surface area (Å²) in [5.41, 5.74) is 2.17. The lowest BCUT2D eigenvalue weighted by Crippen LogP contribution is -2.00. The first-order valence-electron chi connectivity index (χ1n) is 10.2. The zero-order valence-corrected chi connectivity index (χ0v) is 20.8. The molecule has 0 aromatic rings. The topological polar surface area (TPSA) is 0 Å². The molecule has 0 bridgehead atoms. The van der Waals surface area contributed by atoms with Crippen LogP contribution in [0.1, 0.15) is 136 Å². The van der Waals surface area contributed by atoms with E-state index in [1.807, 2.05) is 0 Å². The molecule has 0 N–H and O–H groups in total. The van der Waals surface area contributed by atoms with E-state index in [4.69, 9.17) is 0 Å². The molecule has 0 nitrogen and oxygen atoms in total. The van der Waals surface area contributed by atoms with Crippen LogP contribution in [-0.4, -0.2) is 0 Å². The molecule has 0 unspecified atom stereocenters. The summed E-state index contributed by atoms with van der Waals surface area (Å²) in [6, 6.07) is 0. The molecule has 0 aliphatic rings. The molecule has 0 aromatic carbocycles. The highest BCUT2D eigenvalue weighted by molar-refractivity contribution is 4.56. The maximum absolute atomic E-state index is 2.24. The second-order valence-electron chi connectivity index (χ2n) is 11.7. The van der Waals surface area contributed by atoms with Crippen molar-refractivity contribution in [3.05, 3.63) is 0 Å². The van der Waals surface area contributed by atoms with E-state index >= 15 is 0 Å². The van der Waals surface area contributed by atoms with Gasteiger partial charge in [-0.15, -0.1) is 0 Å². The van der Waals surface area contributed by atoms with Crippen molar-refractivity contribution in [1.29, 1.82) is 0 Å². The lowest BCUT2D eigenvalue weighted by molar-refractivity contribution is 0.397. The van der Waals surface area contributed by atoms with Crippen LogP contribution in [0.25, 0.3) is 0 Å². The molecule has 0 saturated carbocycles. The fourth-order valence-corrected chi connectivity index (χ4v) is 0. The Kier molecular flexibility index (Phi) is 18.8. The normalized spacial score (nSPS) is 12.0. The summed E-state index contributed by atoms with van der Waals surface area (Å²) in [7, 11) is 0. The lowest BCUT2D eigenvalue weighted by atomic mass is 9.94. The summed E-state index contributed by atoms with van der Waals surface area (Å²) in [5, 5.41) is 0. The van der Waals surface area contributed by atoms with Crippen LogP contribution in [0.3, 0.4) is 0 Å². The van der Waals surface area contributed by atoms with Crippen molar-refractivity contribution in [2.75, 3.05) is 0 Å². The van der Waals surface area contributed by atoms with E-state index in [0.29, 0.717) is 21.7 Å². The second-order valence-corrected chi connectivity index (χ2v) is 11.7. The minimum Gasteiger partial charge on any atom is -0.0649 e. The molecule has 0 radical (unpaired) electrons. The van der Waals surface area contributed by atoms with Crippen molar-refractivity contribution in [1.82, 2.24) is 0 Å². The lowest BCUT2D eigenvalue weighted by Gasteiger charge is -2.12. The van der Waals surface area contributed by atoms with Crippen molar-refractivity contribution >= 4 is 0 Å². The van der Waals surface area contributed by atoms with Crippen LogP contribution in [0, 0.1) is 21.7 Å². The first-order chi connectivity index (χ1) is 10.2. The molecular formula is C24H56. The van der Waals surface area contributed by atoms with E-state index in [0.717, 1.165) is 0 Å². The van der Waals surface area contributed by atoms with Crippen molar-refractivity contribution in [2.45, 2.75) is 136 Å². The van der Waals surface area contributed by atoms with Gasteiger partial charge in [-0.05, 0) is 21.7 Å². The number of rotatable bonds is 0. The largest absolute Gasteiger partial charge is 0.0649 e. The quantitative estimate of drug-likeness (QED) is 0.410. The van der Waals surface area contributed by atoms with Gasteiger partial charge in [0, 0.05) is 0 Å². The second kappa shape index (κ2) is 14.2. The molecule has 0 aromatic heterocycles. The third kappa shape index (κ3) is 67.4. The molecule has 24 heavy (non-hydrogen) atoms. The minimum absolute atomic E-state index is 0.542. The molecular weight excluding hydrogens is 288 g/mol. The molecule has 0 aliphatic carbocycles. The predicted molar refractivity (Wildman–Crippen MR) is 119 cm³/mol. The maximum atomic E-state index is 2.24. The summed E-state index contributed by atoms with van der Waals surface area (Å²) in [4.78, 5) is 0. The standard InChI is InChI=1S/4C6H14/c4*1-5-6(2,3)4/h4*5H2,1-4H3. The van der Waals surface area contributed by atoms with Gasteiger partial charge >= 0.3 is 0 Å².